The second-order valence-corrected chi connectivity index (χ2v) is 5.49. The fourth-order valence-electron chi connectivity index (χ4n) is 2.17. The molecule has 1 atom stereocenters. The third-order valence-electron chi connectivity index (χ3n) is 3.45. The van der Waals surface area contributed by atoms with Crippen LogP contribution < -0.4 is 14.8 Å². The van der Waals surface area contributed by atoms with Crippen LogP contribution in [0.5, 0.6) is 11.5 Å². The van der Waals surface area contributed by atoms with E-state index in [0.717, 1.165) is 17.7 Å². The molecule has 4 nitrogen and oxygen atoms in total. The number of benzene rings is 2. The Morgan fingerprint density at radius 2 is 1.96 bits per heavy atom. The van der Waals surface area contributed by atoms with Crippen LogP contribution in [0.1, 0.15) is 19.4 Å². The molecule has 0 aliphatic rings. The summed E-state index contributed by atoms with van der Waals surface area (Å²) in [6, 6.07) is 12.7. The number of halogens is 1. The van der Waals surface area contributed by atoms with Crippen LogP contribution in [0.3, 0.4) is 0 Å². The lowest BCUT2D eigenvalue weighted by molar-refractivity contribution is -0.122. The molecule has 1 N–H and O–H groups in total. The van der Waals surface area contributed by atoms with Crippen molar-refractivity contribution in [3.05, 3.63) is 53.1 Å². The van der Waals surface area contributed by atoms with Crippen molar-refractivity contribution in [2.24, 2.45) is 0 Å². The standard InChI is InChI=1S/C18H20ClNO3/c1-4-13-7-5-6-8-16(13)23-12(2)18(21)20-15-11-14(19)9-10-17(15)22-3/h5-12H,4H2,1-3H3,(H,20,21). The number of amides is 1. The molecule has 0 aliphatic carbocycles. The number of nitrogens with one attached hydrogen (secondary N) is 1. The average molecular weight is 334 g/mol. The van der Waals surface area contributed by atoms with Crippen molar-refractivity contribution >= 4 is 23.2 Å². The highest BCUT2D eigenvalue weighted by Gasteiger charge is 2.18. The van der Waals surface area contributed by atoms with E-state index in [4.69, 9.17) is 21.1 Å². The van der Waals surface area contributed by atoms with E-state index in [2.05, 4.69) is 5.32 Å². The number of hydrogen-bond donors (Lipinski definition) is 1. The van der Waals surface area contributed by atoms with E-state index in [1.165, 1.54) is 7.11 Å². The molecule has 0 aliphatic heterocycles. The van der Waals surface area contributed by atoms with Gasteiger partial charge in [-0.25, -0.2) is 0 Å². The topological polar surface area (TPSA) is 47.6 Å². The molecule has 0 saturated heterocycles. The molecule has 1 amide bonds. The lowest BCUT2D eigenvalue weighted by atomic mass is 10.1. The minimum atomic E-state index is -0.647. The number of carbonyl (C=O) groups is 1. The molecule has 2 rings (SSSR count). The van der Waals surface area contributed by atoms with Crippen LogP contribution in [0.2, 0.25) is 5.02 Å². The highest BCUT2D eigenvalue weighted by molar-refractivity contribution is 6.31. The highest BCUT2D eigenvalue weighted by Crippen LogP contribution is 2.28. The monoisotopic (exact) mass is 333 g/mol. The summed E-state index contributed by atoms with van der Waals surface area (Å²) in [6.07, 6.45) is 0.193. The van der Waals surface area contributed by atoms with Crippen molar-refractivity contribution < 1.29 is 14.3 Å². The molecule has 0 heterocycles. The summed E-state index contributed by atoms with van der Waals surface area (Å²) < 4.78 is 11.0. The van der Waals surface area contributed by atoms with Gasteiger partial charge in [0.2, 0.25) is 0 Å². The van der Waals surface area contributed by atoms with Crippen molar-refractivity contribution in [3.63, 3.8) is 0 Å². The number of carbonyl (C=O) groups excluding carboxylic acids is 1. The van der Waals surface area contributed by atoms with Gasteiger partial charge in [0.05, 0.1) is 12.8 Å². The van der Waals surface area contributed by atoms with Gasteiger partial charge in [-0.05, 0) is 43.2 Å². The fraction of sp³-hybridized carbons (Fsp3) is 0.278. The summed E-state index contributed by atoms with van der Waals surface area (Å²) in [5.74, 6) is 0.996. The maximum Gasteiger partial charge on any atom is 0.265 e. The molecule has 0 bridgehead atoms. The summed E-state index contributed by atoms with van der Waals surface area (Å²) in [5, 5.41) is 3.31. The third-order valence-corrected chi connectivity index (χ3v) is 3.68. The second kappa shape index (κ2) is 7.88. The Morgan fingerprint density at radius 3 is 2.65 bits per heavy atom. The minimum absolute atomic E-state index is 0.267. The molecule has 122 valence electrons. The smallest absolute Gasteiger partial charge is 0.265 e. The molecule has 0 fully saturated rings. The van der Waals surface area contributed by atoms with Crippen LogP contribution in [-0.2, 0) is 11.2 Å². The Kier molecular flexibility index (Phi) is 5.88. The first-order valence-electron chi connectivity index (χ1n) is 7.44. The molecule has 0 spiro atoms. The Balaban J connectivity index is 2.10. The summed E-state index contributed by atoms with van der Waals surface area (Å²) >= 11 is 5.97. The van der Waals surface area contributed by atoms with Gasteiger partial charge < -0.3 is 14.8 Å². The van der Waals surface area contributed by atoms with E-state index in [9.17, 15) is 4.79 Å². The van der Waals surface area contributed by atoms with Gasteiger partial charge in [0.25, 0.3) is 5.91 Å². The molecule has 1 unspecified atom stereocenters. The molecule has 23 heavy (non-hydrogen) atoms. The Bertz CT molecular complexity index is 688. The van der Waals surface area contributed by atoms with Gasteiger partial charge in [0, 0.05) is 5.02 Å². The predicted octanol–water partition coefficient (Wildman–Crippen LogP) is 4.32. The van der Waals surface area contributed by atoms with E-state index >= 15 is 0 Å². The van der Waals surface area contributed by atoms with Gasteiger partial charge in [-0.3, -0.25) is 4.79 Å². The first kappa shape index (κ1) is 17.2. The molecular weight excluding hydrogens is 314 g/mol. The van der Waals surface area contributed by atoms with E-state index in [0.29, 0.717) is 16.5 Å². The molecule has 2 aromatic carbocycles. The van der Waals surface area contributed by atoms with Gasteiger partial charge in [-0.15, -0.1) is 0 Å². The molecule has 0 saturated carbocycles. The van der Waals surface area contributed by atoms with Gasteiger partial charge in [-0.2, -0.15) is 0 Å². The van der Waals surface area contributed by atoms with Crippen LogP contribution in [0.4, 0.5) is 5.69 Å². The van der Waals surface area contributed by atoms with E-state index in [1.807, 2.05) is 31.2 Å². The summed E-state index contributed by atoms with van der Waals surface area (Å²) in [6.45, 7) is 3.75. The number of methoxy groups -OCH3 is 1. The normalized spacial score (nSPS) is 11.7. The first-order valence-corrected chi connectivity index (χ1v) is 7.82. The van der Waals surface area contributed by atoms with Crippen LogP contribution in [0, 0.1) is 0 Å². The van der Waals surface area contributed by atoms with E-state index in [1.54, 1.807) is 25.1 Å². The van der Waals surface area contributed by atoms with Crippen molar-refractivity contribution in [3.8, 4) is 11.5 Å². The van der Waals surface area contributed by atoms with Crippen LogP contribution in [-0.4, -0.2) is 19.1 Å². The number of hydrogen-bond acceptors (Lipinski definition) is 3. The summed E-state index contributed by atoms with van der Waals surface area (Å²) in [7, 11) is 1.54. The Hall–Kier alpha value is -2.20. The molecule has 0 aromatic heterocycles. The van der Waals surface area contributed by atoms with Crippen LogP contribution in [0.25, 0.3) is 0 Å². The van der Waals surface area contributed by atoms with Crippen molar-refractivity contribution in [2.45, 2.75) is 26.4 Å². The number of anilines is 1. The lowest BCUT2D eigenvalue weighted by Gasteiger charge is -2.18. The lowest BCUT2D eigenvalue weighted by Crippen LogP contribution is -2.30. The molecule has 5 heteroatoms. The number of rotatable bonds is 6. The molecule has 2 aromatic rings. The maximum absolute atomic E-state index is 12.4. The molecular formula is C18H20ClNO3. The average Bonchev–Trinajstić information content (AvgIpc) is 2.55. The quantitative estimate of drug-likeness (QED) is 0.856. The summed E-state index contributed by atoms with van der Waals surface area (Å²) in [4.78, 5) is 12.4. The Labute approximate surface area is 141 Å². The predicted molar refractivity (Wildman–Crippen MR) is 92.5 cm³/mol. The first-order chi connectivity index (χ1) is 11.0. The third kappa shape index (κ3) is 4.39. The zero-order chi connectivity index (χ0) is 16.8. The van der Waals surface area contributed by atoms with E-state index < -0.39 is 6.10 Å². The van der Waals surface area contributed by atoms with Crippen molar-refractivity contribution in [1.29, 1.82) is 0 Å². The largest absolute Gasteiger partial charge is 0.495 e. The highest BCUT2D eigenvalue weighted by atomic mass is 35.5. The number of ether oxygens (including phenoxy) is 2. The van der Waals surface area contributed by atoms with Crippen LogP contribution >= 0.6 is 11.6 Å². The number of aryl methyl sites for hydroxylation is 1. The minimum Gasteiger partial charge on any atom is -0.495 e. The Morgan fingerprint density at radius 1 is 1.22 bits per heavy atom. The SMILES string of the molecule is CCc1ccccc1OC(C)C(=O)Nc1cc(Cl)ccc1OC. The van der Waals surface area contributed by atoms with E-state index in [-0.39, 0.29) is 5.91 Å². The van der Waals surface area contributed by atoms with Crippen molar-refractivity contribution in [1.82, 2.24) is 0 Å². The van der Waals surface area contributed by atoms with Crippen LogP contribution in [0.15, 0.2) is 42.5 Å². The van der Waals surface area contributed by atoms with Crippen molar-refractivity contribution in [2.75, 3.05) is 12.4 Å². The molecule has 0 radical (unpaired) electrons. The van der Waals surface area contributed by atoms with Gasteiger partial charge >= 0.3 is 0 Å². The second-order valence-electron chi connectivity index (χ2n) is 5.06. The number of para-hydroxylation sites is 1. The maximum atomic E-state index is 12.4. The zero-order valence-corrected chi connectivity index (χ0v) is 14.2. The van der Waals surface area contributed by atoms with Gasteiger partial charge in [-0.1, -0.05) is 36.7 Å². The van der Waals surface area contributed by atoms with Gasteiger partial charge in [0.15, 0.2) is 6.10 Å². The zero-order valence-electron chi connectivity index (χ0n) is 13.4. The van der Waals surface area contributed by atoms with Gasteiger partial charge in [0.1, 0.15) is 11.5 Å². The summed E-state index contributed by atoms with van der Waals surface area (Å²) in [5.41, 5.74) is 1.58. The fourth-order valence-corrected chi connectivity index (χ4v) is 2.34.